The number of hydrogen-bond donors (Lipinski definition) is 2. The molecule has 4 nitrogen and oxygen atoms in total. The fourth-order valence-electron chi connectivity index (χ4n) is 3.21. The van der Waals surface area contributed by atoms with Crippen molar-refractivity contribution in [2.45, 2.75) is 51.0 Å². The van der Waals surface area contributed by atoms with Gasteiger partial charge in [-0.05, 0) is 37.8 Å². The molecular formula is C17H22BrNO3. The molecular weight excluding hydrogens is 346 g/mol. The van der Waals surface area contributed by atoms with Gasteiger partial charge in [-0.2, -0.15) is 0 Å². The van der Waals surface area contributed by atoms with Gasteiger partial charge in [-0.3, -0.25) is 9.59 Å². The molecule has 120 valence electrons. The summed E-state index contributed by atoms with van der Waals surface area (Å²) in [5.74, 6) is -1.38. The van der Waals surface area contributed by atoms with E-state index in [0.717, 1.165) is 29.3 Å². The summed E-state index contributed by atoms with van der Waals surface area (Å²) in [6, 6.07) is 7.82. The molecule has 1 aliphatic carbocycles. The third-order valence-electron chi connectivity index (χ3n) is 4.51. The van der Waals surface area contributed by atoms with Crippen LogP contribution in [0.25, 0.3) is 0 Å². The van der Waals surface area contributed by atoms with Crippen LogP contribution < -0.4 is 5.32 Å². The maximum atomic E-state index is 12.2. The number of halogens is 1. The third-order valence-corrected chi connectivity index (χ3v) is 5.28. The van der Waals surface area contributed by atoms with Crippen LogP contribution in [0.5, 0.6) is 0 Å². The van der Waals surface area contributed by atoms with Gasteiger partial charge in [0.05, 0.1) is 11.5 Å². The maximum absolute atomic E-state index is 12.2. The van der Waals surface area contributed by atoms with Gasteiger partial charge in [0.15, 0.2) is 0 Å². The van der Waals surface area contributed by atoms with Gasteiger partial charge in [0.1, 0.15) is 0 Å². The molecule has 0 radical (unpaired) electrons. The Morgan fingerprint density at radius 3 is 2.77 bits per heavy atom. The Labute approximate surface area is 139 Å². The van der Waals surface area contributed by atoms with E-state index in [9.17, 15) is 14.7 Å². The van der Waals surface area contributed by atoms with Crippen molar-refractivity contribution in [2.75, 3.05) is 0 Å². The smallest absolute Gasteiger partial charge is 0.308 e. The minimum atomic E-state index is -0.812. The molecule has 1 saturated carbocycles. The van der Waals surface area contributed by atoms with E-state index in [1.165, 1.54) is 0 Å². The predicted octanol–water partition coefficient (Wildman–Crippen LogP) is 3.53. The number of aryl methyl sites for hydroxylation is 1. The number of nitrogens with one attached hydrogen (secondary N) is 1. The molecule has 0 heterocycles. The second kappa shape index (κ2) is 7.27. The molecule has 1 aromatic rings. The zero-order chi connectivity index (χ0) is 16.2. The highest BCUT2D eigenvalue weighted by molar-refractivity contribution is 9.10. The van der Waals surface area contributed by atoms with Gasteiger partial charge in [0, 0.05) is 10.9 Å². The SMILES string of the molecule is CC1(NC(=O)CCc2ccccc2Br)CCCCC1C(=O)O. The summed E-state index contributed by atoms with van der Waals surface area (Å²) in [4.78, 5) is 23.7. The Morgan fingerprint density at radius 2 is 2.09 bits per heavy atom. The lowest BCUT2D eigenvalue weighted by Crippen LogP contribution is -2.55. The molecule has 22 heavy (non-hydrogen) atoms. The Kier molecular flexibility index (Phi) is 5.62. The normalized spacial score (nSPS) is 24.7. The molecule has 2 N–H and O–H groups in total. The molecule has 1 amide bonds. The van der Waals surface area contributed by atoms with Crippen LogP contribution in [0.3, 0.4) is 0 Å². The molecule has 1 fully saturated rings. The summed E-state index contributed by atoms with van der Waals surface area (Å²) >= 11 is 3.47. The Balaban J connectivity index is 1.95. The first-order valence-corrected chi connectivity index (χ1v) is 8.49. The van der Waals surface area contributed by atoms with Crippen LogP contribution in [0.2, 0.25) is 0 Å². The molecule has 5 heteroatoms. The van der Waals surface area contributed by atoms with Gasteiger partial charge in [-0.25, -0.2) is 0 Å². The quantitative estimate of drug-likeness (QED) is 0.836. The van der Waals surface area contributed by atoms with Crippen molar-refractivity contribution in [1.82, 2.24) is 5.32 Å². The van der Waals surface area contributed by atoms with Crippen molar-refractivity contribution in [1.29, 1.82) is 0 Å². The van der Waals surface area contributed by atoms with Gasteiger partial charge in [-0.1, -0.05) is 47.0 Å². The molecule has 0 aromatic heterocycles. The second-order valence-corrected chi connectivity index (χ2v) is 7.05. The van der Waals surface area contributed by atoms with Gasteiger partial charge < -0.3 is 10.4 Å². The number of hydrogen-bond acceptors (Lipinski definition) is 2. The number of carboxylic acid groups (broad SMARTS) is 1. The molecule has 0 bridgehead atoms. The van der Waals surface area contributed by atoms with E-state index >= 15 is 0 Å². The lowest BCUT2D eigenvalue weighted by atomic mass is 9.74. The van der Waals surface area contributed by atoms with Gasteiger partial charge in [-0.15, -0.1) is 0 Å². The number of carboxylic acids is 1. The Bertz CT molecular complexity index is 561. The van der Waals surface area contributed by atoms with E-state index in [0.29, 0.717) is 19.3 Å². The van der Waals surface area contributed by atoms with E-state index in [-0.39, 0.29) is 5.91 Å². The lowest BCUT2D eigenvalue weighted by Gasteiger charge is -2.39. The van der Waals surface area contributed by atoms with Gasteiger partial charge >= 0.3 is 5.97 Å². The standard InChI is InChI=1S/C17H22BrNO3/c1-17(11-5-4-7-13(17)16(21)22)19-15(20)10-9-12-6-2-3-8-14(12)18/h2-3,6,8,13H,4-5,7,9-11H2,1H3,(H,19,20)(H,21,22). The van der Waals surface area contributed by atoms with Crippen LogP contribution in [0.4, 0.5) is 0 Å². The van der Waals surface area contributed by atoms with E-state index < -0.39 is 17.4 Å². The fourth-order valence-corrected chi connectivity index (χ4v) is 3.69. The van der Waals surface area contributed by atoms with Gasteiger partial charge in [0.2, 0.25) is 5.91 Å². The van der Waals surface area contributed by atoms with Crippen LogP contribution >= 0.6 is 15.9 Å². The average Bonchev–Trinajstić information content (AvgIpc) is 2.46. The minimum absolute atomic E-state index is 0.0774. The number of benzene rings is 1. The zero-order valence-corrected chi connectivity index (χ0v) is 14.4. The molecule has 0 aliphatic heterocycles. The second-order valence-electron chi connectivity index (χ2n) is 6.19. The highest BCUT2D eigenvalue weighted by Crippen LogP contribution is 2.34. The van der Waals surface area contributed by atoms with Crippen molar-refractivity contribution in [3.63, 3.8) is 0 Å². The first kappa shape index (κ1) is 17.0. The van der Waals surface area contributed by atoms with Crippen molar-refractivity contribution >= 4 is 27.8 Å². The molecule has 1 aromatic carbocycles. The average molecular weight is 368 g/mol. The molecule has 1 aliphatic rings. The summed E-state index contributed by atoms with van der Waals surface area (Å²) in [7, 11) is 0. The summed E-state index contributed by atoms with van der Waals surface area (Å²) < 4.78 is 0.995. The van der Waals surface area contributed by atoms with Crippen LogP contribution in [0, 0.1) is 5.92 Å². The van der Waals surface area contributed by atoms with Crippen LogP contribution in [-0.4, -0.2) is 22.5 Å². The molecule has 2 rings (SSSR count). The van der Waals surface area contributed by atoms with Gasteiger partial charge in [0.25, 0.3) is 0 Å². The van der Waals surface area contributed by atoms with Crippen LogP contribution in [-0.2, 0) is 16.0 Å². The largest absolute Gasteiger partial charge is 0.481 e. The third kappa shape index (κ3) is 4.09. The molecule has 0 saturated heterocycles. The van der Waals surface area contributed by atoms with E-state index in [4.69, 9.17) is 0 Å². The summed E-state index contributed by atoms with van der Waals surface area (Å²) in [6.45, 7) is 1.86. The number of amides is 1. The van der Waals surface area contributed by atoms with Crippen molar-refractivity contribution in [2.24, 2.45) is 5.92 Å². The summed E-state index contributed by atoms with van der Waals surface area (Å²) in [5, 5.41) is 12.4. The highest BCUT2D eigenvalue weighted by Gasteiger charge is 2.41. The first-order chi connectivity index (χ1) is 10.4. The zero-order valence-electron chi connectivity index (χ0n) is 12.8. The van der Waals surface area contributed by atoms with E-state index in [2.05, 4.69) is 21.2 Å². The Morgan fingerprint density at radius 1 is 1.36 bits per heavy atom. The molecule has 2 unspecified atom stereocenters. The molecule has 0 spiro atoms. The topological polar surface area (TPSA) is 66.4 Å². The highest BCUT2D eigenvalue weighted by atomic mass is 79.9. The summed E-state index contributed by atoms with van der Waals surface area (Å²) in [5.41, 5.74) is 0.455. The maximum Gasteiger partial charge on any atom is 0.308 e. The summed E-state index contributed by atoms with van der Waals surface area (Å²) in [6.07, 6.45) is 4.25. The van der Waals surface area contributed by atoms with E-state index in [1.54, 1.807) is 0 Å². The number of aliphatic carboxylic acids is 1. The minimum Gasteiger partial charge on any atom is -0.481 e. The van der Waals surface area contributed by atoms with E-state index in [1.807, 2.05) is 31.2 Å². The van der Waals surface area contributed by atoms with Crippen molar-refractivity contribution < 1.29 is 14.7 Å². The fraction of sp³-hybridized carbons (Fsp3) is 0.529. The predicted molar refractivity (Wildman–Crippen MR) is 88.6 cm³/mol. The lowest BCUT2D eigenvalue weighted by molar-refractivity contribution is -0.146. The first-order valence-electron chi connectivity index (χ1n) is 7.69. The number of rotatable bonds is 5. The Hall–Kier alpha value is -1.36. The van der Waals surface area contributed by atoms with Crippen molar-refractivity contribution in [3.05, 3.63) is 34.3 Å². The van der Waals surface area contributed by atoms with Crippen LogP contribution in [0.1, 0.15) is 44.6 Å². The monoisotopic (exact) mass is 367 g/mol. The van der Waals surface area contributed by atoms with Crippen LogP contribution in [0.15, 0.2) is 28.7 Å². The molecule has 2 atom stereocenters. The number of carbonyl (C=O) groups is 2. The number of carbonyl (C=O) groups excluding carboxylic acids is 1. The van der Waals surface area contributed by atoms with Crippen molar-refractivity contribution in [3.8, 4) is 0 Å².